The molecule has 1 unspecified atom stereocenters. The monoisotopic (exact) mass is 519 g/mol. The molecule has 1 saturated heterocycles. The first-order chi connectivity index (χ1) is 13.4. The van der Waals surface area contributed by atoms with E-state index in [1.807, 2.05) is 43.7 Å². The van der Waals surface area contributed by atoms with Crippen LogP contribution in [0.15, 0.2) is 29.3 Å². The van der Waals surface area contributed by atoms with Crippen molar-refractivity contribution in [3.8, 4) is 0 Å². The Kier molecular flexibility index (Phi) is 11.3. The van der Waals surface area contributed by atoms with E-state index >= 15 is 0 Å². The van der Waals surface area contributed by atoms with Crippen LogP contribution in [-0.4, -0.2) is 62.6 Å². The second kappa shape index (κ2) is 12.9. The lowest BCUT2D eigenvalue weighted by Gasteiger charge is -2.21. The highest BCUT2D eigenvalue weighted by Crippen LogP contribution is 2.17. The van der Waals surface area contributed by atoms with Gasteiger partial charge in [-0.25, -0.2) is 4.39 Å². The molecule has 2 N–H and O–H groups in total. The SMILES string of the molecule is CCNC(=NCCCN(C)c1ccccc1F)NC1CCN(C(=O)C(C)C)C1.I. The molecule has 2 rings (SSSR count). The number of aliphatic imine (C=N–C) groups is 1. The molecule has 0 spiro atoms. The van der Waals surface area contributed by atoms with E-state index in [1.165, 1.54) is 6.07 Å². The van der Waals surface area contributed by atoms with Gasteiger partial charge in [0.25, 0.3) is 0 Å². The fourth-order valence-corrected chi connectivity index (χ4v) is 3.34. The summed E-state index contributed by atoms with van der Waals surface area (Å²) >= 11 is 0. The summed E-state index contributed by atoms with van der Waals surface area (Å²) in [6.07, 6.45) is 1.75. The van der Waals surface area contributed by atoms with Crippen LogP contribution >= 0.6 is 24.0 Å². The van der Waals surface area contributed by atoms with Gasteiger partial charge in [-0.15, -0.1) is 24.0 Å². The number of nitrogens with one attached hydrogen (secondary N) is 2. The topological polar surface area (TPSA) is 60.0 Å². The Labute approximate surface area is 191 Å². The van der Waals surface area contributed by atoms with Crippen molar-refractivity contribution >= 4 is 41.5 Å². The van der Waals surface area contributed by atoms with Gasteiger partial charge < -0.3 is 20.4 Å². The zero-order valence-corrected chi connectivity index (χ0v) is 20.3. The molecule has 1 aliphatic heterocycles. The quantitative estimate of drug-likeness (QED) is 0.240. The van der Waals surface area contributed by atoms with E-state index in [4.69, 9.17) is 0 Å². The largest absolute Gasteiger partial charge is 0.372 e. The molecule has 0 saturated carbocycles. The summed E-state index contributed by atoms with van der Waals surface area (Å²) < 4.78 is 13.8. The average Bonchev–Trinajstić information content (AvgIpc) is 3.13. The number of benzene rings is 1. The van der Waals surface area contributed by atoms with Gasteiger partial charge >= 0.3 is 0 Å². The average molecular weight is 519 g/mol. The molecule has 1 aliphatic rings. The van der Waals surface area contributed by atoms with Gasteiger partial charge in [-0.1, -0.05) is 26.0 Å². The molecule has 8 heteroatoms. The first kappa shape index (κ1) is 25.5. The molecule has 1 amide bonds. The number of halogens is 2. The van der Waals surface area contributed by atoms with E-state index < -0.39 is 0 Å². The number of anilines is 1. The highest BCUT2D eigenvalue weighted by Gasteiger charge is 2.27. The van der Waals surface area contributed by atoms with Crippen LogP contribution in [0.25, 0.3) is 0 Å². The summed E-state index contributed by atoms with van der Waals surface area (Å²) in [6.45, 7) is 9.58. The second-order valence-electron chi connectivity index (χ2n) is 7.56. The molecular formula is C21H35FIN5O. The Morgan fingerprint density at radius 2 is 2.10 bits per heavy atom. The number of nitrogens with zero attached hydrogens (tertiary/aromatic N) is 3. The molecule has 1 aromatic rings. The number of hydrogen-bond acceptors (Lipinski definition) is 3. The van der Waals surface area contributed by atoms with Gasteiger partial charge in [0.2, 0.25) is 5.91 Å². The zero-order valence-electron chi connectivity index (χ0n) is 17.9. The summed E-state index contributed by atoms with van der Waals surface area (Å²) in [5.41, 5.74) is 0.609. The van der Waals surface area contributed by atoms with Crippen LogP contribution in [0.5, 0.6) is 0 Å². The molecule has 0 aliphatic carbocycles. The minimum Gasteiger partial charge on any atom is -0.372 e. The molecule has 0 aromatic heterocycles. The Hall–Kier alpha value is -1.58. The van der Waals surface area contributed by atoms with Gasteiger partial charge in [-0.05, 0) is 31.9 Å². The van der Waals surface area contributed by atoms with E-state index in [0.29, 0.717) is 12.2 Å². The number of likely N-dealkylation sites (tertiary alicyclic amines) is 1. The maximum absolute atomic E-state index is 13.8. The third kappa shape index (κ3) is 7.98. The molecule has 164 valence electrons. The van der Waals surface area contributed by atoms with Crippen molar-refractivity contribution < 1.29 is 9.18 Å². The Balaban J connectivity index is 0.00000420. The van der Waals surface area contributed by atoms with Crippen molar-refractivity contribution in [1.29, 1.82) is 0 Å². The van der Waals surface area contributed by atoms with Gasteiger partial charge in [0.1, 0.15) is 5.82 Å². The van der Waals surface area contributed by atoms with Crippen molar-refractivity contribution in [2.75, 3.05) is 44.7 Å². The molecule has 0 bridgehead atoms. The lowest BCUT2D eigenvalue weighted by molar-refractivity contribution is -0.133. The number of amides is 1. The van der Waals surface area contributed by atoms with E-state index in [2.05, 4.69) is 15.6 Å². The fourth-order valence-electron chi connectivity index (χ4n) is 3.34. The first-order valence-electron chi connectivity index (χ1n) is 10.2. The van der Waals surface area contributed by atoms with Crippen LogP contribution in [-0.2, 0) is 4.79 Å². The maximum Gasteiger partial charge on any atom is 0.225 e. The minimum absolute atomic E-state index is 0. The number of carbonyl (C=O) groups excluding carboxylic acids is 1. The Morgan fingerprint density at radius 1 is 1.38 bits per heavy atom. The van der Waals surface area contributed by atoms with E-state index in [-0.39, 0.29) is 47.7 Å². The van der Waals surface area contributed by atoms with Crippen molar-refractivity contribution in [3.63, 3.8) is 0 Å². The predicted octanol–water partition coefficient (Wildman–Crippen LogP) is 3.08. The van der Waals surface area contributed by atoms with Crippen LogP contribution in [0.4, 0.5) is 10.1 Å². The third-order valence-corrected chi connectivity index (χ3v) is 4.86. The molecular weight excluding hydrogens is 484 g/mol. The van der Waals surface area contributed by atoms with Gasteiger partial charge in [-0.3, -0.25) is 9.79 Å². The first-order valence-corrected chi connectivity index (χ1v) is 10.2. The third-order valence-electron chi connectivity index (χ3n) is 4.86. The van der Waals surface area contributed by atoms with Crippen molar-refractivity contribution in [1.82, 2.24) is 15.5 Å². The summed E-state index contributed by atoms with van der Waals surface area (Å²) in [4.78, 5) is 20.6. The normalized spacial score (nSPS) is 16.6. The molecule has 1 fully saturated rings. The van der Waals surface area contributed by atoms with E-state index in [9.17, 15) is 9.18 Å². The van der Waals surface area contributed by atoms with Crippen LogP contribution in [0, 0.1) is 11.7 Å². The lowest BCUT2D eigenvalue weighted by Crippen LogP contribution is -2.45. The van der Waals surface area contributed by atoms with Crippen molar-refractivity contribution in [3.05, 3.63) is 30.1 Å². The summed E-state index contributed by atoms with van der Waals surface area (Å²) in [6, 6.07) is 7.03. The summed E-state index contributed by atoms with van der Waals surface area (Å²) in [5, 5.41) is 6.71. The number of guanidine groups is 1. The van der Waals surface area contributed by atoms with Gasteiger partial charge in [0, 0.05) is 51.7 Å². The molecule has 1 atom stereocenters. The van der Waals surface area contributed by atoms with E-state index in [1.54, 1.807) is 12.1 Å². The van der Waals surface area contributed by atoms with E-state index in [0.717, 1.165) is 45.0 Å². The number of para-hydroxylation sites is 1. The number of carbonyl (C=O) groups is 1. The predicted molar refractivity (Wildman–Crippen MR) is 129 cm³/mol. The van der Waals surface area contributed by atoms with Crippen LogP contribution in [0.1, 0.15) is 33.6 Å². The maximum atomic E-state index is 13.8. The minimum atomic E-state index is -0.203. The fraction of sp³-hybridized carbons (Fsp3) is 0.619. The smallest absolute Gasteiger partial charge is 0.225 e. The molecule has 1 aromatic carbocycles. The van der Waals surface area contributed by atoms with Crippen LogP contribution in [0.2, 0.25) is 0 Å². The summed E-state index contributed by atoms with van der Waals surface area (Å²) in [7, 11) is 1.89. The molecule has 6 nitrogen and oxygen atoms in total. The highest BCUT2D eigenvalue weighted by atomic mass is 127. The molecule has 1 heterocycles. The van der Waals surface area contributed by atoms with Gasteiger partial charge in [0.05, 0.1) is 5.69 Å². The standard InChI is InChI=1S/C21H34FN5O.HI/c1-5-23-21(25-17-11-14-27(15-17)20(28)16(2)3)24-12-8-13-26(4)19-10-7-6-9-18(19)22;/h6-7,9-10,16-17H,5,8,11-15H2,1-4H3,(H2,23,24,25);1H. The molecule has 29 heavy (non-hydrogen) atoms. The van der Waals surface area contributed by atoms with Crippen LogP contribution in [0.3, 0.4) is 0 Å². The zero-order chi connectivity index (χ0) is 20.5. The Morgan fingerprint density at radius 3 is 2.76 bits per heavy atom. The Bertz CT molecular complexity index is 670. The van der Waals surface area contributed by atoms with Gasteiger partial charge in [0.15, 0.2) is 5.96 Å². The lowest BCUT2D eigenvalue weighted by atomic mass is 10.2. The van der Waals surface area contributed by atoms with Gasteiger partial charge in [-0.2, -0.15) is 0 Å². The highest BCUT2D eigenvalue weighted by molar-refractivity contribution is 14.0. The number of hydrogen-bond donors (Lipinski definition) is 2. The van der Waals surface area contributed by atoms with Crippen LogP contribution < -0.4 is 15.5 Å². The number of rotatable bonds is 8. The summed E-state index contributed by atoms with van der Waals surface area (Å²) in [5.74, 6) is 0.819. The molecule has 0 radical (unpaired) electrons. The van der Waals surface area contributed by atoms with Crippen molar-refractivity contribution in [2.45, 2.75) is 39.7 Å². The second-order valence-corrected chi connectivity index (χ2v) is 7.56. The van der Waals surface area contributed by atoms with Crippen molar-refractivity contribution in [2.24, 2.45) is 10.9 Å².